The molecule has 19 heavy (non-hydrogen) atoms. The molecule has 0 aromatic heterocycles. The van der Waals surface area contributed by atoms with Gasteiger partial charge in [-0.3, -0.25) is 0 Å². The second kappa shape index (κ2) is 4.50. The van der Waals surface area contributed by atoms with E-state index in [0.29, 0.717) is 25.1 Å². The van der Waals surface area contributed by atoms with Gasteiger partial charge < -0.3 is 5.32 Å². The highest BCUT2D eigenvalue weighted by molar-refractivity contribution is 7.89. The van der Waals surface area contributed by atoms with Gasteiger partial charge in [-0.05, 0) is 31.0 Å². The summed E-state index contributed by atoms with van der Waals surface area (Å²) in [5, 5.41) is 3.14. The molecule has 104 valence electrons. The molecule has 0 radical (unpaired) electrons. The van der Waals surface area contributed by atoms with Gasteiger partial charge in [-0.2, -0.15) is 4.31 Å². The van der Waals surface area contributed by atoms with Gasteiger partial charge in [0.05, 0.1) is 0 Å². The van der Waals surface area contributed by atoms with E-state index in [1.54, 1.807) is 0 Å². The molecule has 4 nitrogen and oxygen atoms in total. The molecule has 0 unspecified atom stereocenters. The lowest BCUT2D eigenvalue weighted by Gasteiger charge is -2.23. The lowest BCUT2D eigenvalue weighted by Crippen LogP contribution is -2.39. The highest BCUT2D eigenvalue weighted by Gasteiger charge is 2.44. The normalized spacial score (nSPS) is 27.7. The smallest absolute Gasteiger partial charge is 0.246 e. The van der Waals surface area contributed by atoms with Crippen LogP contribution >= 0.6 is 0 Å². The van der Waals surface area contributed by atoms with Gasteiger partial charge in [-0.15, -0.1) is 0 Å². The molecule has 0 spiro atoms. The van der Waals surface area contributed by atoms with Crippen LogP contribution in [0.5, 0.6) is 0 Å². The zero-order valence-electron chi connectivity index (χ0n) is 10.1. The number of halogens is 2. The molecule has 1 aromatic rings. The Morgan fingerprint density at radius 2 is 2.05 bits per heavy atom. The summed E-state index contributed by atoms with van der Waals surface area (Å²) in [7, 11) is -3.89. The summed E-state index contributed by atoms with van der Waals surface area (Å²) in [5.74, 6) is -1.52. The fraction of sp³-hybridized carbons (Fsp3) is 0.500. The molecule has 0 aliphatic carbocycles. The zero-order valence-corrected chi connectivity index (χ0v) is 11.0. The van der Waals surface area contributed by atoms with Crippen LogP contribution in [0.1, 0.15) is 6.42 Å². The second-order valence-electron chi connectivity index (χ2n) is 4.96. The highest BCUT2D eigenvalue weighted by atomic mass is 32.2. The number of nitrogens with zero attached hydrogens (tertiary/aromatic N) is 1. The third-order valence-corrected chi connectivity index (χ3v) is 5.83. The van der Waals surface area contributed by atoms with Crippen molar-refractivity contribution in [1.29, 1.82) is 0 Å². The molecule has 2 aliphatic heterocycles. The highest BCUT2D eigenvalue weighted by Crippen LogP contribution is 2.33. The van der Waals surface area contributed by atoms with Gasteiger partial charge in [0.2, 0.25) is 10.0 Å². The van der Waals surface area contributed by atoms with Crippen molar-refractivity contribution in [3.05, 3.63) is 29.8 Å². The van der Waals surface area contributed by atoms with E-state index in [-0.39, 0.29) is 6.04 Å². The Kier molecular flexibility index (Phi) is 3.07. The Morgan fingerprint density at radius 3 is 2.79 bits per heavy atom. The first kappa shape index (κ1) is 13.0. The molecule has 1 N–H and O–H groups in total. The van der Waals surface area contributed by atoms with Crippen molar-refractivity contribution in [1.82, 2.24) is 9.62 Å². The predicted molar refractivity (Wildman–Crippen MR) is 65.0 cm³/mol. The minimum absolute atomic E-state index is 0.116. The number of fused-ring (bicyclic) bond motifs is 1. The number of hydrogen-bond donors (Lipinski definition) is 1. The molecular weight excluding hydrogens is 274 g/mol. The molecule has 1 aromatic carbocycles. The van der Waals surface area contributed by atoms with E-state index in [2.05, 4.69) is 5.32 Å². The summed E-state index contributed by atoms with van der Waals surface area (Å²) in [5.41, 5.74) is 0. The van der Waals surface area contributed by atoms with Gasteiger partial charge >= 0.3 is 0 Å². The van der Waals surface area contributed by atoms with Gasteiger partial charge in [0, 0.05) is 25.2 Å². The van der Waals surface area contributed by atoms with E-state index in [1.807, 2.05) is 0 Å². The first-order valence-electron chi connectivity index (χ1n) is 6.18. The van der Waals surface area contributed by atoms with Crippen molar-refractivity contribution in [3.8, 4) is 0 Å². The fourth-order valence-electron chi connectivity index (χ4n) is 2.92. The molecular formula is C12H14F2N2O2S. The molecule has 2 fully saturated rings. The van der Waals surface area contributed by atoms with Gasteiger partial charge in [0.25, 0.3) is 0 Å². The Hall–Kier alpha value is -1.05. The van der Waals surface area contributed by atoms with Gasteiger partial charge in [0.1, 0.15) is 16.5 Å². The van der Waals surface area contributed by atoms with Crippen molar-refractivity contribution in [3.63, 3.8) is 0 Å². The van der Waals surface area contributed by atoms with Crippen LogP contribution in [0.25, 0.3) is 0 Å². The Balaban J connectivity index is 1.98. The third-order valence-electron chi connectivity index (χ3n) is 3.87. The van der Waals surface area contributed by atoms with Gasteiger partial charge in [-0.1, -0.05) is 0 Å². The monoisotopic (exact) mass is 288 g/mol. The van der Waals surface area contributed by atoms with E-state index in [1.165, 1.54) is 4.31 Å². The largest absolute Gasteiger partial charge is 0.315 e. The summed E-state index contributed by atoms with van der Waals surface area (Å²) >= 11 is 0. The van der Waals surface area contributed by atoms with Crippen LogP contribution < -0.4 is 5.32 Å². The molecule has 0 saturated carbocycles. The molecule has 3 rings (SSSR count). The van der Waals surface area contributed by atoms with Gasteiger partial charge in [-0.25, -0.2) is 17.2 Å². The zero-order chi connectivity index (χ0) is 13.6. The van der Waals surface area contributed by atoms with Crippen LogP contribution in [0.4, 0.5) is 8.78 Å². The maximum atomic E-state index is 13.7. The topological polar surface area (TPSA) is 49.4 Å². The summed E-state index contributed by atoms with van der Waals surface area (Å²) in [6, 6.07) is 2.45. The first-order valence-corrected chi connectivity index (χ1v) is 7.62. The van der Waals surface area contributed by atoms with E-state index >= 15 is 0 Å². The van der Waals surface area contributed by atoms with E-state index in [4.69, 9.17) is 0 Å². The van der Waals surface area contributed by atoms with E-state index in [9.17, 15) is 17.2 Å². The van der Waals surface area contributed by atoms with Crippen LogP contribution in [-0.2, 0) is 10.0 Å². The molecule has 0 amide bonds. The fourth-order valence-corrected chi connectivity index (χ4v) is 4.67. The van der Waals surface area contributed by atoms with Crippen LogP contribution in [0.15, 0.2) is 23.1 Å². The molecule has 2 aliphatic rings. The number of nitrogens with one attached hydrogen (secondary N) is 1. The molecule has 2 atom stereocenters. The van der Waals surface area contributed by atoms with Crippen LogP contribution in [0.3, 0.4) is 0 Å². The predicted octanol–water partition coefficient (Wildman–Crippen LogP) is 0.947. The van der Waals surface area contributed by atoms with Crippen LogP contribution in [-0.4, -0.2) is 38.4 Å². The summed E-state index contributed by atoms with van der Waals surface area (Å²) in [6.45, 7) is 1.78. The Bertz CT molecular complexity index is 606. The minimum Gasteiger partial charge on any atom is -0.315 e. The number of rotatable bonds is 2. The first-order chi connectivity index (χ1) is 9.00. The number of sulfonamides is 1. The Labute approximate surface area is 110 Å². The van der Waals surface area contributed by atoms with Crippen LogP contribution in [0.2, 0.25) is 0 Å². The maximum Gasteiger partial charge on any atom is 0.246 e. The SMILES string of the molecule is O=S(=O)(c1ccc(F)cc1F)N1CC[C@H]2CNC[C@H]21. The van der Waals surface area contributed by atoms with E-state index in [0.717, 1.165) is 25.1 Å². The van der Waals surface area contributed by atoms with Gasteiger partial charge in [0.15, 0.2) is 0 Å². The average molecular weight is 288 g/mol. The lowest BCUT2D eigenvalue weighted by molar-refractivity contribution is 0.380. The summed E-state index contributed by atoms with van der Waals surface area (Å²) < 4.78 is 52.8. The quantitative estimate of drug-likeness (QED) is 0.881. The number of benzene rings is 1. The molecule has 0 bridgehead atoms. The standard InChI is InChI=1S/C12H14F2N2O2S/c13-9-1-2-12(10(14)5-9)19(17,18)16-4-3-8-6-15-7-11(8)16/h1-2,5,8,11,15H,3-4,6-7H2/t8-,11+/m0/s1. The maximum absolute atomic E-state index is 13.7. The van der Waals surface area contributed by atoms with Crippen molar-refractivity contribution in [2.24, 2.45) is 5.92 Å². The minimum atomic E-state index is -3.89. The lowest BCUT2D eigenvalue weighted by atomic mass is 10.1. The van der Waals surface area contributed by atoms with Crippen molar-refractivity contribution < 1.29 is 17.2 Å². The van der Waals surface area contributed by atoms with Crippen molar-refractivity contribution in [2.45, 2.75) is 17.4 Å². The third kappa shape index (κ3) is 2.05. The van der Waals surface area contributed by atoms with E-state index < -0.39 is 26.6 Å². The Morgan fingerprint density at radius 1 is 1.26 bits per heavy atom. The van der Waals surface area contributed by atoms with Crippen molar-refractivity contribution in [2.75, 3.05) is 19.6 Å². The molecule has 2 heterocycles. The molecule has 7 heteroatoms. The molecule has 2 saturated heterocycles. The van der Waals surface area contributed by atoms with Crippen LogP contribution in [0, 0.1) is 17.6 Å². The summed E-state index contributed by atoms with van der Waals surface area (Å²) in [6.07, 6.45) is 0.777. The summed E-state index contributed by atoms with van der Waals surface area (Å²) in [4.78, 5) is -0.443. The van der Waals surface area contributed by atoms with Crippen molar-refractivity contribution >= 4 is 10.0 Å². The second-order valence-corrected chi connectivity index (χ2v) is 6.82. The number of hydrogen-bond acceptors (Lipinski definition) is 3. The average Bonchev–Trinajstić information content (AvgIpc) is 2.88.